The van der Waals surface area contributed by atoms with Crippen molar-refractivity contribution in [3.8, 4) is 28.4 Å². The monoisotopic (exact) mass is 532 g/mol. The highest BCUT2D eigenvalue weighted by Gasteiger charge is 2.31. The average Bonchev–Trinajstić information content (AvgIpc) is 3.34. The molecule has 37 heavy (non-hydrogen) atoms. The summed E-state index contributed by atoms with van der Waals surface area (Å²) in [7, 11) is 1.54. The summed E-state index contributed by atoms with van der Waals surface area (Å²) in [6.07, 6.45) is 0.195. The smallest absolute Gasteiger partial charge is 0.493 e. The van der Waals surface area contributed by atoms with Crippen LogP contribution in [0.4, 0.5) is 13.2 Å². The molecule has 0 atom stereocenters. The van der Waals surface area contributed by atoms with Gasteiger partial charge in [0.25, 0.3) is 5.56 Å². The maximum Gasteiger partial charge on any atom is 0.573 e. The van der Waals surface area contributed by atoms with E-state index in [9.17, 15) is 18.0 Å². The summed E-state index contributed by atoms with van der Waals surface area (Å²) in [5, 5.41) is 1.73. The topological polar surface area (TPSA) is 71.3 Å². The zero-order valence-electron chi connectivity index (χ0n) is 19.9. The number of halogens is 3. The molecule has 7 nitrogen and oxygen atoms in total. The van der Waals surface area contributed by atoms with Gasteiger partial charge >= 0.3 is 6.36 Å². The minimum Gasteiger partial charge on any atom is -0.493 e. The van der Waals surface area contributed by atoms with Crippen LogP contribution in [0.5, 0.6) is 17.2 Å². The van der Waals surface area contributed by atoms with Crippen LogP contribution in [-0.2, 0) is 4.74 Å². The number of nitrogens with zero attached hydrogens (tertiary/aromatic N) is 2. The van der Waals surface area contributed by atoms with Crippen molar-refractivity contribution in [2.45, 2.75) is 13.3 Å². The van der Waals surface area contributed by atoms with Crippen molar-refractivity contribution in [2.75, 3.05) is 26.9 Å². The van der Waals surface area contributed by atoms with Crippen molar-refractivity contribution in [3.63, 3.8) is 0 Å². The standard InChI is InChI=1S/C26H23F3N2O5S/c1-3-34-14-15-35-23-18(5-4-6-21(23)33-2)9-12-20-22(24(32)31-13-16-37-25(31)30-20)17-7-10-19(11-8-17)36-26(27,28)29/h4-13,16H,3,14-15H2,1-2H3. The molecule has 2 aromatic heterocycles. The van der Waals surface area contributed by atoms with E-state index in [1.54, 1.807) is 35.9 Å². The van der Waals surface area contributed by atoms with Crippen LogP contribution in [0, 0.1) is 0 Å². The van der Waals surface area contributed by atoms with Gasteiger partial charge in [-0.15, -0.1) is 24.5 Å². The lowest BCUT2D eigenvalue weighted by Crippen LogP contribution is -2.18. The van der Waals surface area contributed by atoms with Crippen LogP contribution in [0.15, 0.2) is 58.8 Å². The molecule has 0 radical (unpaired) electrons. The van der Waals surface area contributed by atoms with E-state index in [1.807, 2.05) is 13.0 Å². The zero-order chi connectivity index (χ0) is 26.4. The molecule has 4 aromatic rings. The predicted molar refractivity (Wildman–Crippen MR) is 135 cm³/mol. The quantitative estimate of drug-likeness (QED) is 0.236. The predicted octanol–water partition coefficient (Wildman–Crippen LogP) is 5.92. The van der Waals surface area contributed by atoms with E-state index < -0.39 is 6.36 Å². The molecule has 0 amide bonds. The summed E-state index contributed by atoms with van der Waals surface area (Å²) in [5.74, 6) is 0.647. The van der Waals surface area contributed by atoms with Crippen molar-refractivity contribution in [2.24, 2.45) is 0 Å². The molecular formula is C26H23F3N2O5S. The Kier molecular flexibility index (Phi) is 8.14. The number of hydrogen-bond donors (Lipinski definition) is 0. The normalized spacial score (nSPS) is 11.8. The van der Waals surface area contributed by atoms with Gasteiger partial charge in [-0.05, 0) is 42.8 Å². The summed E-state index contributed by atoms with van der Waals surface area (Å²) in [6.45, 7) is 3.18. The maximum atomic E-state index is 13.3. The number of thiazole rings is 1. The van der Waals surface area contributed by atoms with E-state index in [1.165, 1.54) is 35.0 Å². The van der Waals surface area contributed by atoms with Crippen LogP contribution in [0.2, 0.25) is 0 Å². The van der Waals surface area contributed by atoms with E-state index in [0.717, 1.165) is 12.1 Å². The third-order valence-electron chi connectivity index (χ3n) is 5.20. The van der Waals surface area contributed by atoms with E-state index in [0.29, 0.717) is 53.1 Å². The van der Waals surface area contributed by atoms with E-state index >= 15 is 0 Å². The van der Waals surface area contributed by atoms with Crippen molar-refractivity contribution in [3.05, 3.63) is 75.7 Å². The molecule has 0 unspecified atom stereocenters. The largest absolute Gasteiger partial charge is 0.573 e. The number of aromatic nitrogens is 2. The molecule has 0 fully saturated rings. The van der Waals surface area contributed by atoms with Gasteiger partial charge in [-0.3, -0.25) is 9.20 Å². The number of methoxy groups -OCH3 is 1. The maximum absolute atomic E-state index is 13.3. The number of rotatable bonds is 10. The lowest BCUT2D eigenvalue weighted by Gasteiger charge is -2.13. The number of para-hydroxylation sites is 1. The van der Waals surface area contributed by atoms with E-state index in [4.69, 9.17) is 14.2 Å². The second kappa shape index (κ2) is 11.5. The van der Waals surface area contributed by atoms with Gasteiger partial charge in [0.2, 0.25) is 0 Å². The first-order valence-corrected chi connectivity index (χ1v) is 12.1. The highest BCUT2D eigenvalue weighted by molar-refractivity contribution is 7.15. The van der Waals surface area contributed by atoms with Gasteiger partial charge < -0.3 is 18.9 Å². The molecule has 194 valence electrons. The number of benzene rings is 2. The van der Waals surface area contributed by atoms with Gasteiger partial charge in [0, 0.05) is 23.7 Å². The van der Waals surface area contributed by atoms with Crippen molar-refractivity contribution < 1.29 is 32.1 Å². The SMILES string of the molecule is CCOCCOc1c(C=Cc2nc3sccn3c(=O)c2-c2ccc(OC(F)(F)F)cc2)cccc1OC. The van der Waals surface area contributed by atoms with Crippen LogP contribution < -0.4 is 19.8 Å². The van der Waals surface area contributed by atoms with Gasteiger partial charge in [0.15, 0.2) is 16.5 Å². The Morgan fingerprint density at radius 3 is 2.57 bits per heavy atom. The number of alkyl halides is 3. The van der Waals surface area contributed by atoms with E-state index in [2.05, 4.69) is 9.72 Å². The molecule has 0 aliphatic heterocycles. The van der Waals surface area contributed by atoms with Crippen LogP contribution in [-0.4, -0.2) is 42.7 Å². The third-order valence-corrected chi connectivity index (χ3v) is 5.96. The molecule has 4 rings (SSSR count). The number of hydrogen-bond acceptors (Lipinski definition) is 7. The summed E-state index contributed by atoms with van der Waals surface area (Å²) in [6, 6.07) is 10.5. The lowest BCUT2D eigenvalue weighted by atomic mass is 10.0. The Hall–Kier alpha value is -3.83. The lowest BCUT2D eigenvalue weighted by molar-refractivity contribution is -0.274. The van der Waals surface area contributed by atoms with Crippen LogP contribution in [0.1, 0.15) is 18.2 Å². The molecule has 0 N–H and O–H groups in total. The number of ether oxygens (including phenoxy) is 4. The first-order chi connectivity index (χ1) is 17.8. The Labute approximate surface area is 214 Å². The number of fused-ring (bicyclic) bond motifs is 1. The van der Waals surface area contributed by atoms with Crippen LogP contribution >= 0.6 is 11.3 Å². The van der Waals surface area contributed by atoms with Gasteiger partial charge in [-0.2, -0.15) is 0 Å². The van der Waals surface area contributed by atoms with Crippen molar-refractivity contribution >= 4 is 28.4 Å². The molecule has 0 aliphatic rings. The van der Waals surface area contributed by atoms with E-state index in [-0.39, 0.29) is 16.9 Å². The summed E-state index contributed by atoms with van der Waals surface area (Å²) in [4.78, 5) is 18.4. The first kappa shape index (κ1) is 26.2. The fourth-order valence-electron chi connectivity index (χ4n) is 3.61. The fraction of sp³-hybridized carbons (Fsp3) is 0.231. The Morgan fingerprint density at radius 2 is 1.86 bits per heavy atom. The average molecular weight is 533 g/mol. The van der Waals surface area contributed by atoms with Gasteiger partial charge in [-0.1, -0.05) is 24.3 Å². The van der Waals surface area contributed by atoms with Gasteiger partial charge in [-0.25, -0.2) is 4.98 Å². The summed E-state index contributed by atoms with van der Waals surface area (Å²) < 4.78 is 59.8. The Balaban J connectivity index is 1.75. The van der Waals surface area contributed by atoms with Crippen molar-refractivity contribution in [1.29, 1.82) is 0 Å². The molecule has 2 heterocycles. The zero-order valence-corrected chi connectivity index (χ0v) is 20.8. The van der Waals surface area contributed by atoms with Crippen LogP contribution in [0.25, 0.3) is 28.2 Å². The van der Waals surface area contributed by atoms with Crippen molar-refractivity contribution in [1.82, 2.24) is 9.38 Å². The minimum absolute atomic E-state index is 0.229. The Morgan fingerprint density at radius 1 is 1.08 bits per heavy atom. The van der Waals surface area contributed by atoms with Gasteiger partial charge in [0.1, 0.15) is 12.4 Å². The second-order valence-corrected chi connectivity index (χ2v) is 8.44. The molecule has 0 saturated carbocycles. The molecule has 11 heteroatoms. The molecule has 2 aromatic carbocycles. The highest BCUT2D eigenvalue weighted by atomic mass is 32.1. The first-order valence-electron chi connectivity index (χ1n) is 11.2. The fourth-order valence-corrected chi connectivity index (χ4v) is 4.32. The summed E-state index contributed by atoms with van der Waals surface area (Å²) in [5.41, 5.74) is 1.30. The minimum atomic E-state index is -4.81. The summed E-state index contributed by atoms with van der Waals surface area (Å²) >= 11 is 1.29. The molecule has 0 aliphatic carbocycles. The third kappa shape index (κ3) is 6.30. The molecular weight excluding hydrogens is 509 g/mol. The second-order valence-electron chi connectivity index (χ2n) is 7.56. The molecule has 0 bridgehead atoms. The Bertz CT molecular complexity index is 1450. The van der Waals surface area contributed by atoms with Gasteiger partial charge in [0.05, 0.1) is 25.0 Å². The molecule has 0 spiro atoms. The van der Waals surface area contributed by atoms with Crippen LogP contribution in [0.3, 0.4) is 0 Å². The molecule has 0 saturated heterocycles. The highest BCUT2D eigenvalue weighted by Crippen LogP contribution is 2.33.